The van der Waals surface area contributed by atoms with Crippen LogP contribution >= 0.6 is 15.9 Å². The molecule has 0 saturated heterocycles. The first-order valence-corrected chi connectivity index (χ1v) is 6.56. The Morgan fingerprint density at radius 1 is 1.47 bits per heavy atom. The fourth-order valence-electron chi connectivity index (χ4n) is 1.78. The van der Waals surface area contributed by atoms with Gasteiger partial charge >= 0.3 is 0 Å². The lowest BCUT2D eigenvalue weighted by atomic mass is 10.0. The summed E-state index contributed by atoms with van der Waals surface area (Å²) in [6.07, 6.45) is 1.59. The first kappa shape index (κ1) is 14.2. The zero-order valence-electron chi connectivity index (χ0n) is 10.2. The quantitative estimate of drug-likeness (QED) is 0.809. The third-order valence-electron chi connectivity index (χ3n) is 2.53. The maximum absolute atomic E-state index is 13.8. The van der Waals surface area contributed by atoms with Crippen molar-refractivity contribution in [3.05, 3.63) is 34.1 Å². The smallest absolute Gasteiger partial charge is 0.129 e. The predicted octanol–water partition coefficient (Wildman–Crippen LogP) is 4.04. The molecule has 0 spiro atoms. The van der Waals surface area contributed by atoms with E-state index >= 15 is 0 Å². The van der Waals surface area contributed by atoms with Crippen LogP contribution in [0.4, 0.5) is 4.39 Å². The number of benzene rings is 1. The van der Waals surface area contributed by atoms with Gasteiger partial charge < -0.3 is 5.32 Å². The summed E-state index contributed by atoms with van der Waals surface area (Å²) in [5, 5.41) is 3.30. The first-order valence-electron chi connectivity index (χ1n) is 5.77. The van der Waals surface area contributed by atoms with Crippen molar-refractivity contribution in [1.82, 2.24) is 5.32 Å². The highest BCUT2D eigenvalue weighted by molar-refractivity contribution is 9.10. The molecule has 0 heterocycles. The molecule has 1 N–H and O–H groups in total. The van der Waals surface area contributed by atoms with Crippen LogP contribution < -0.4 is 5.32 Å². The Morgan fingerprint density at radius 3 is 2.82 bits per heavy atom. The molecule has 1 aromatic rings. The SMILES string of the molecule is CC#CCCC(NCC)c1c(F)cccc1Br. The molecule has 0 fully saturated rings. The zero-order valence-corrected chi connectivity index (χ0v) is 11.8. The van der Waals surface area contributed by atoms with E-state index < -0.39 is 0 Å². The summed E-state index contributed by atoms with van der Waals surface area (Å²) in [5.74, 6) is 5.71. The maximum atomic E-state index is 13.8. The lowest BCUT2D eigenvalue weighted by Crippen LogP contribution is -2.22. The lowest BCUT2D eigenvalue weighted by Gasteiger charge is -2.19. The standard InChI is InChI=1S/C14H17BrFN/c1-3-5-6-10-13(17-4-2)14-11(15)8-7-9-12(14)16/h7-9,13,17H,4,6,10H2,1-2H3. The molecule has 0 radical (unpaired) electrons. The van der Waals surface area contributed by atoms with E-state index in [1.165, 1.54) is 6.07 Å². The van der Waals surface area contributed by atoms with E-state index in [1.54, 1.807) is 6.07 Å². The Morgan fingerprint density at radius 2 is 2.24 bits per heavy atom. The van der Waals surface area contributed by atoms with E-state index in [0.29, 0.717) is 5.56 Å². The molecular formula is C14H17BrFN. The van der Waals surface area contributed by atoms with Gasteiger partial charge in [-0.25, -0.2) is 4.39 Å². The molecule has 1 atom stereocenters. The van der Waals surface area contributed by atoms with Crippen molar-refractivity contribution in [3.63, 3.8) is 0 Å². The van der Waals surface area contributed by atoms with Crippen molar-refractivity contribution >= 4 is 15.9 Å². The predicted molar refractivity (Wildman–Crippen MR) is 73.2 cm³/mol. The van der Waals surface area contributed by atoms with Crippen molar-refractivity contribution in [2.75, 3.05) is 6.54 Å². The van der Waals surface area contributed by atoms with Crippen molar-refractivity contribution in [2.24, 2.45) is 0 Å². The molecule has 3 heteroatoms. The van der Waals surface area contributed by atoms with Gasteiger partial charge in [-0.1, -0.05) is 28.9 Å². The van der Waals surface area contributed by atoms with E-state index in [4.69, 9.17) is 0 Å². The Kier molecular flexibility index (Phi) is 6.25. The molecule has 1 rings (SSSR count). The van der Waals surface area contributed by atoms with Crippen molar-refractivity contribution in [3.8, 4) is 11.8 Å². The second kappa shape index (κ2) is 7.47. The minimum atomic E-state index is -0.171. The van der Waals surface area contributed by atoms with Gasteiger partial charge in [0.25, 0.3) is 0 Å². The van der Waals surface area contributed by atoms with E-state index in [1.807, 2.05) is 19.9 Å². The Hall–Kier alpha value is -0.850. The topological polar surface area (TPSA) is 12.0 Å². The number of hydrogen-bond acceptors (Lipinski definition) is 1. The molecule has 1 unspecified atom stereocenters. The number of halogens is 2. The summed E-state index contributed by atoms with van der Waals surface area (Å²) in [6.45, 7) is 4.65. The van der Waals surface area contributed by atoms with Crippen molar-refractivity contribution < 1.29 is 4.39 Å². The minimum absolute atomic E-state index is 0.0106. The number of hydrogen-bond donors (Lipinski definition) is 1. The molecule has 0 aliphatic rings. The molecule has 0 aliphatic carbocycles. The third kappa shape index (κ3) is 4.14. The molecule has 0 amide bonds. The minimum Gasteiger partial charge on any atom is -0.310 e. The molecule has 17 heavy (non-hydrogen) atoms. The van der Waals surface area contributed by atoms with Gasteiger partial charge in [-0.2, -0.15) is 0 Å². The van der Waals surface area contributed by atoms with Crippen molar-refractivity contribution in [2.45, 2.75) is 32.7 Å². The monoisotopic (exact) mass is 297 g/mol. The summed E-state index contributed by atoms with van der Waals surface area (Å²) in [5.41, 5.74) is 0.701. The van der Waals surface area contributed by atoms with Gasteiger partial charge in [0.05, 0.1) is 0 Å². The largest absolute Gasteiger partial charge is 0.310 e. The van der Waals surface area contributed by atoms with E-state index in [-0.39, 0.29) is 11.9 Å². The molecule has 0 bridgehead atoms. The fourth-order valence-corrected chi connectivity index (χ4v) is 2.40. The average Bonchev–Trinajstić information content (AvgIpc) is 2.29. The second-order valence-electron chi connectivity index (χ2n) is 3.71. The van der Waals surface area contributed by atoms with Crippen LogP contribution in [0, 0.1) is 17.7 Å². The third-order valence-corrected chi connectivity index (χ3v) is 3.22. The van der Waals surface area contributed by atoms with Gasteiger partial charge in [0.15, 0.2) is 0 Å². The molecule has 92 valence electrons. The second-order valence-corrected chi connectivity index (χ2v) is 4.57. The van der Waals surface area contributed by atoms with E-state index in [2.05, 4.69) is 33.1 Å². The van der Waals surface area contributed by atoms with Gasteiger partial charge in [-0.05, 0) is 32.0 Å². The number of nitrogens with one attached hydrogen (secondary N) is 1. The van der Waals surface area contributed by atoms with Crippen LogP contribution in [0.1, 0.15) is 38.3 Å². The summed E-state index contributed by atoms with van der Waals surface area (Å²) < 4.78 is 14.6. The Bertz CT molecular complexity index is 400. The van der Waals surface area contributed by atoms with E-state index in [0.717, 1.165) is 23.9 Å². The average molecular weight is 298 g/mol. The highest BCUT2D eigenvalue weighted by Gasteiger charge is 2.17. The highest BCUT2D eigenvalue weighted by Crippen LogP contribution is 2.28. The normalized spacial score (nSPS) is 11.8. The van der Waals surface area contributed by atoms with Crippen LogP contribution in [-0.2, 0) is 0 Å². The fraction of sp³-hybridized carbons (Fsp3) is 0.429. The van der Waals surface area contributed by atoms with Gasteiger partial charge in [0.1, 0.15) is 5.82 Å². The summed E-state index contributed by atoms with van der Waals surface area (Å²) in [4.78, 5) is 0. The van der Waals surface area contributed by atoms with Crippen molar-refractivity contribution in [1.29, 1.82) is 0 Å². The van der Waals surface area contributed by atoms with Gasteiger partial charge in [-0.3, -0.25) is 0 Å². The molecule has 1 nitrogen and oxygen atoms in total. The highest BCUT2D eigenvalue weighted by atomic mass is 79.9. The molecule has 0 aliphatic heterocycles. The maximum Gasteiger partial charge on any atom is 0.129 e. The zero-order chi connectivity index (χ0) is 12.7. The summed E-state index contributed by atoms with van der Waals surface area (Å²) in [6, 6.07) is 5.08. The first-order chi connectivity index (χ1) is 8.20. The molecular weight excluding hydrogens is 281 g/mol. The van der Waals surface area contributed by atoms with E-state index in [9.17, 15) is 4.39 Å². The number of rotatable bonds is 5. The van der Waals surface area contributed by atoms with Crippen LogP contribution in [0.25, 0.3) is 0 Å². The summed E-state index contributed by atoms with van der Waals surface area (Å²) >= 11 is 3.41. The van der Waals surface area contributed by atoms with Crippen LogP contribution in [0.15, 0.2) is 22.7 Å². The van der Waals surface area contributed by atoms with Crippen LogP contribution in [0.3, 0.4) is 0 Å². The Balaban J connectivity index is 2.90. The van der Waals surface area contributed by atoms with Gasteiger partial charge in [0, 0.05) is 22.5 Å². The van der Waals surface area contributed by atoms with Crippen LogP contribution in [0.5, 0.6) is 0 Å². The lowest BCUT2D eigenvalue weighted by molar-refractivity contribution is 0.488. The molecule has 0 aromatic heterocycles. The van der Waals surface area contributed by atoms with Crippen LogP contribution in [0.2, 0.25) is 0 Å². The van der Waals surface area contributed by atoms with Gasteiger partial charge in [-0.15, -0.1) is 11.8 Å². The summed E-state index contributed by atoms with van der Waals surface area (Å²) in [7, 11) is 0. The Labute approximate surface area is 111 Å². The van der Waals surface area contributed by atoms with Crippen LogP contribution in [-0.4, -0.2) is 6.54 Å². The molecule has 1 aromatic carbocycles. The molecule has 0 saturated carbocycles. The van der Waals surface area contributed by atoms with Gasteiger partial charge in [0.2, 0.25) is 0 Å².